The van der Waals surface area contributed by atoms with E-state index in [0.29, 0.717) is 6.61 Å². The second-order valence-corrected chi connectivity index (χ2v) is 8.17. The lowest BCUT2D eigenvalue weighted by Crippen LogP contribution is -2.53. The Bertz CT molecular complexity index is 916. The predicted octanol–water partition coefficient (Wildman–Crippen LogP) is 2.73. The van der Waals surface area contributed by atoms with Gasteiger partial charge in [0.1, 0.15) is 18.3 Å². The lowest BCUT2D eigenvalue weighted by molar-refractivity contribution is -0.221. The summed E-state index contributed by atoms with van der Waals surface area (Å²) in [6.45, 7) is 6.28. The fraction of sp³-hybridized carbons (Fsp3) is 0.409. The fourth-order valence-electron chi connectivity index (χ4n) is 3.95. The molecule has 3 aliphatic rings. The average Bonchev–Trinajstić information content (AvgIpc) is 3.19. The highest BCUT2D eigenvalue weighted by Crippen LogP contribution is 2.40. The monoisotopic (exact) mass is 393 g/mol. The number of rotatable bonds is 3. The molecule has 5 rings (SSSR count). The highest BCUT2D eigenvalue weighted by molar-refractivity contribution is 6.61. The normalized spacial score (nSPS) is 30.5. The van der Waals surface area contributed by atoms with Crippen LogP contribution in [-0.4, -0.2) is 50.3 Å². The minimum atomic E-state index is -0.663. The Morgan fingerprint density at radius 2 is 1.90 bits per heavy atom. The van der Waals surface area contributed by atoms with Crippen molar-refractivity contribution < 1.29 is 23.5 Å². The highest BCUT2D eigenvalue weighted by atomic mass is 16.8. The van der Waals surface area contributed by atoms with E-state index in [2.05, 4.69) is 24.0 Å². The Hall–Kier alpha value is -2.03. The van der Waals surface area contributed by atoms with Gasteiger partial charge < -0.3 is 23.5 Å². The van der Waals surface area contributed by atoms with Gasteiger partial charge in [0.05, 0.1) is 12.3 Å². The van der Waals surface area contributed by atoms with Crippen LogP contribution in [0.25, 0.3) is 0 Å². The van der Waals surface area contributed by atoms with Crippen LogP contribution in [0.3, 0.4) is 0 Å². The second-order valence-electron chi connectivity index (χ2n) is 8.17. The SMILES string of the molecule is Cc1ccc(N=Cc2cccc(B3OC[C@H]4O[C@@H]5OC(C)(C)O[C@@H]5[C@H]4O3)c2)cc1. The number of benzene rings is 2. The molecule has 2 aromatic rings. The van der Waals surface area contributed by atoms with Gasteiger partial charge in [0.15, 0.2) is 12.1 Å². The molecule has 0 N–H and O–H groups in total. The van der Waals surface area contributed by atoms with Crippen molar-refractivity contribution in [3.8, 4) is 0 Å². The lowest BCUT2D eigenvalue weighted by Gasteiger charge is -2.32. The highest BCUT2D eigenvalue weighted by Gasteiger charge is 2.57. The molecular weight excluding hydrogens is 369 g/mol. The van der Waals surface area contributed by atoms with E-state index in [1.54, 1.807) is 0 Å². The third-order valence-corrected chi connectivity index (χ3v) is 5.36. The Kier molecular flexibility index (Phi) is 4.80. The standard InChI is InChI=1S/C22H24BNO5/c1-14-7-9-17(10-8-14)24-12-15-5-4-6-16(11-15)23-25-13-18-19(29-23)20-21(26-18)28-22(2,3)27-20/h4-12,18-21H,13H2,1-3H3/t18-,19+,20-,21-/m1/s1. The summed E-state index contributed by atoms with van der Waals surface area (Å²) in [6.07, 6.45) is 0.808. The molecule has 4 atom stereocenters. The van der Waals surface area contributed by atoms with E-state index in [0.717, 1.165) is 16.7 Å². The second kappa shape index (κ2) is 7.34. The molecule has 0 aliphatic carbocycles. The number of aliphatic imine (C=N–C) groups is 1. The molecule has 29 heavy (non-hydrogen) atoms. The first-order chi connectivity index (χ1) is 14.0. The first kappa shape index (κ1) is 19.0. The van der Waals surface area contributed by atoms with Crippen molar-refractivity contribution in [2.75, 3.05) is 6.61 Å². The number of hydrogen-bond donors (Lipinski definition) is 0. The zero-order valence-corrected chi connectivity index (χ0v) is 16.8. The molecule has 2 aromatic carbocycles. The van der Waals surface area contributed by atoms with Crippen LogP contribution in [0.4, 0.5) is 5.69 Å². The van der Waals surface area contributed by atoms with Crippen molar-refractivity contribution in [3.05, 3.63) is 59.7 Å². The summed E-state index contributed by atoms with van der Waals surface area (Å²) in [4.78, 5) is 4.55. The molecule has 150 valence electrons. The van der Waals surface area contributed by atoms with Crippen LogP contribution in [0.2, 0.25) is 0 Å². The third-order valence-electron chi connectivity index (χ3n) is 5.36. The molecular formula is C22H24BNO5. The van der Waals surface area contributed by atoms with Crippen molar-refractivity contribution >= 4 is 24.5 Å². The minimum Gasteiger partial charge on any atom is -0.404 e. The summed E-state index contributed by atoms with van der Waals surface area (Å²) in [5, 5.41) is 0. The van der Waals surface area contributed by atoms with Gasteiger partial charge in [0, 0.05) is 6.21 Å². The van der Waals surface area contributed by atoms with Crippen molar-refractivity contribution in [2.45, 2.75) is 51.2 Å². The number of nitrogens with zero attached hydrogens (tertiary/aromatic N) is 1. The Morgan fingerprint density at radius 3 is 2.72 bits per heavy atom. The average molecular weight is 393 g/mol. The quantitative estimate of drug-likeness (QED) is 0.593. The molecule has 3 fully saturated rings. The van der Waals surface area contributed by atoms with Gasteiger partial charge in [-0.1, -0.05) is 42.0 Å². The number of hydrogen-bond acceptors (Lipinski definition) is 6. The molecule has 3 saturated heterocycles. The first-order valence-corrected chi connectivity index (χ1v) is 9.96. The minimum absolute atomic E-state index is 0.177. The van der Waals surface area contributed by atoms with Crippen LogP contribution in [0.1, 0.15) is 25.0 Å². The van der Waals surface area contributed by atoms with Gasteiger partial charge in [0.25, 0.3) is 0 Å². The molecule has 0 aromatic heterocycles. The van der Waals surface area contributed by atoms with Crippen LogP contribution in [0, 0.1) is 6.92 Å². The fourth-order valence-corrected chi connectivity index (χ4v) is 3.95. The zero-order valence-electron chi connectivity index (χ0n) is 16.8. The molecule has 0 unspecified atom stereocenters. The van der Waals surface area contributed by atoms with Crippen LogP contribution < -0.4 is 5.46 Å². The molecule has 0 radical (unpaired) electrons. The summed E-state index contributed by atoms with van der Waals surface area (Å²) in [5.74, 6) is -0.663. The topological polar surface area (TPSA) is 58.5 Å². The summed E-state index contributed by atoms with van der Waals surface area (Å²) in [5.41, 5.74) is 4.07. The lowest BCUT2D eigenvalue weighted by atomic mass is 9.76. The van der Waals surface area contributed by atoms with E-state index in [4.69, 9.17) is 23.5 Å². The molecule has 0 saturated carbocycles. The van der Waals surface area contributed by atoms with Gasteiger partial charge in [0.2, 0.25) is 0 Å². The maximum absolute atomic E-state index is 6.24. The summed E-state index contributed by atoms with van der Waals surface area (Å²) in [7, 11) is -0.473. The van der Waals surface area contributed by atoms with Crippen molar-refractivity contribution in [3.63, 3.8) is 0 Å². The van der Waals surface area contributed by atoms with Gasteiger partial charge in [-0.25, -0.2) is 0 Å². The van der Waals surface area contributed by atoms with E-state index in [1.165, 1.54) is 5.56 Å². The van der Waals surface area contributed by atoms with Crippen molar-refractivity contribution in [1.82, 2.24) is 0 Å². The third kappa shape index (κ3) is 3.89. The molecule has 7 heteroatoms. The predicted molar refractivity (Wildman–Crippen MR) is 110 cm³/mol. The Morgan fingerprint density at radius 1 is 1.07 bits per heavy atom. The van der Waals surface area contributed by atoms with Crippen LogP contribution in [0.5, 0.6) is 0 Å². The summed E-state index contributed by atoms with van der Waals surface area (Å²) < 4.78 is 29.9. The van der Waals surface area contributed by atoms with Crippen LogP contribution >= 0.6 is 0 Å². The maximum Gasteiger partial charge on any atom is 0.494 e. The molecule has 0 bridgehead atoms. The first-order valence-electron chi connectivity index (χ1n) is 9.96. The number of aryl methyl sites for hydroxylation is 1. The number of fused-ring (bicyclic) bond motifs is 3. The van der Waals surface area contributed by atoms with Crippen LogP contribution in [-0.2, 0) is 23.5 Å². The number of ether oxygens (including phenoxy) is 3. The maximum atomic E-state index is 6.24. The van der Waals surface area contributed by atoms with Gasteiger partial charge >= 0.3 is 7.12 Å². The largest absolute Gasteiger partial charge is 0.494 e. The van der Waals surface area contributed by atoms with Crippen molar-refractivity contribution in [1.29, 1.82) is 0 Å². The molecule has 0 spiro atoms. The van der Waals surface area contributed by atoms with Gasteiger partial charge in [-0.3, -0.25) is 4.99 Å². The molecule has 3 aliphatic heterocycles. The van der Waals surface area contributed by atoms with E-state index in [1.807, 2.05) is 56.5 Å². The Balaban J connectivity index is 1.30. The molecule has 0 amide bonds. The van der Waals surface area contributed by atoms with E-state index in [9.17, 15) is 0 Å². The van der Waals surface area contributed by atoms with Crippen molar-refractivity contribution in [2.24, 2.45) is 4.99 Å². The summed E-state index contributed by atoms with van der Waals surface area (Å²) >= 11 is 0. The smallest absolute Gasteiger partial charge is 0.404 e. The van der Waals surface area contributed by atoms with E-state index in [-0.39, 0.29) is 18.3 Å². The van der Waals surface area contributed by atoms with Gasteiger partial charge in [-0.15, -0.1) is 0 Å². The molecule has 6 nitrogen and oxygen atoms in total. The van der Waals surface area contributed by atoms with Gasteiger partial charge in [-0.05, 0) is 43.9 Å². The van der Waals surface area contributed by atoms with E-state index >= 15 is 0 Å². The zero-order chi connectivity index (χ0) is 20.0. The van der Waals surface area contributed by atoms with Crippen LogP contribution in [0.15, 0.2) is 53.5 Å². The molecule has 3 heterocycles. The Labute approximate surface area is 170 Å². The summed E-state index contributed by atoms with van der Waals surface area (Å²) in [6, 6.07) is 16.1. The van der Waals surface area contributed by atoms with E-state index < -0.39 is 19.2 Å². The van der Waals surface area contributed by atoms with Gasteiger partial charge in [-0.2, -0.15) is 0 Å².